The number of benzene rings is 1. The molecule has 0 unspecified atom stereocenters. The van der Waals surface area contributed by atoms with Gasteiger partial charge in [0.25, 0.3) is 0 Å². The topological polar surface area (TPSA) is 82.6 Å². The van der Waals surface area contributed by atoms with Crippen LogP contribution in [-0.4, -0.2) is 10.9 Å². The largest absolute Gasteiger partial charge is 0.454 e. The van der Waals surface area contributed by atoms with Crippen molar-refractivity contribution in [1.82, 2.24) is 0 Å². The maximum absolute atomic E-state index is 10.9. The van der Waals surface area contributed by atoms with Crippen LogP contribution >= 0.6 is 0 Å². The monoisotopic (exact) mass is 235 g/mol. The molecule has 1 heterocycles. The first kappa shape index (κ1) is 11.1. The van der Waals surface area contributed by atoms with Crippen LogP contribution in [0.4, 0.5) is 5.69 Å². The van der Waals surface area contributed by atoms with Gasteiger partial charge in [0.1, 0.15) is 16.7 Å². The Balaban J connectivity index is 2.62. The molecule has 0 aliphatic rings. The molecule has 0 saturated carbocycles. The second kappa shape index (κ2) is 3.89. The molecule has 0 radical (unpaired) electrons. The van der Waals surface area contributed by atoms with Gasteiger partial charge in [-0.3, -0.25) is 14.9 Å². The molecular formula is C11H9NO5. The lowest BCUT2D eigenvalue weighted by Gasteiger charge is -1.99. The third kappa shape index (κ3) is 1.96. The van der Waals surface area contributed by atoms with Crippen molar-refractivity contribution >= 4 is 22.6 Å². The van der Waals surface area contributed by atoms with E-state index in [-0.39, 0.29) is 17.2 Å². The zero-order valence-corrected chi connectivity index (χ0v) is 9.22. The van der Waals surface area contributed by atoms with Crippen molar-refractivity contribution in [3.63, 3.8) is 0 Å². The molecule has 0 fully saturated rings. The number of aryl methyl sites for hydroxylation is 1. The molecule has 1 aromatic heterocycles. The van der Waals surface area contributed by atoms with Gasteiger partial charge in [-0.25, -0.2) is 0 Å². The Morgan fingerprint density at radius 2 is 2.18 bits per heavy atom. The molecule has 2 rings (SSSR count). The summed E-state index contributed by atoms with van der Waals surface area (Å²) >= 11 is 0. The quantitative estimate of drug-likeness (QED) is 0.345. The Morgan fingerprint density at radius 1 is 1.47 bits per heavy atom. The summed E-state index contributed by atoms with van der Waals surface area (Å²) in [6.45, 7) is 2.78. The van der Waals surface area contributed by atoms with Crippen molar-refractivity contribution in [2.75, 3.05) is 0 Å². The number of carbonyl (C=O) groups is 1. The smallest absolute Gasteiger partial charge is 0.318 e. The van der Waals surface area contributed by atoms with Crippen LogP contribution in [0.25, 0.3) is 11.0 Å². The second-order valence-electron chi connectivity index (χ2n) is 3.52. The number of rotatable bonds is 2. The SMILES string of the molecule is CC(=O)Oc1ccc2oc(C)c([N+](=O)[O-])c2c1. The highest BCUT2D eigenvalue weighted by Gasteiger charge is 2.21. The Hall–Kier alpha value is -2.37. The summed E-state index contributed by atoms with van der Waals surface area (Å²) < 4.78 is 10.1. The maximum atomic E-state index is 10.9. The molecular weight excluding hydrogens is 226 g/mol. The lowest BCUT2D eigenvalue weighted by atomic mass is 10.2. The standard InChI is InChI=1S/C11H9NO5/c1-6-11(12(14)15)9-5-8(17-7(2)13)3-4-10(9)16-6/h3-5H,1-2H3. The molecule has 0 aliphatic heterocycles. The average molecular weight is 235 g/mol. The number of nitro groups is 1. The van der Waals surface area contributed by atoms with E-state index in [9.17, 15) is 14.9 Å². The van der Waals surface area contributed by atoms with Crippen molar-refractivity contribution in [3.8, 4) is 5.75 Å². The molecule has 0 N–H and O–H groups in total. The van der Waals surface area contributed by atoms with Crippen molar-refractivity contribution in [2.24, 2.45) is 0 Å². The molecule has 6 heteroatoms. The molecule has 0 spiro atoms. The number of hydrogen-bond acceptors (Lipinski definition) is 5. The van der Waals surface area contributed by atoms with Gasteiger partial charge >= 0.3 is 11.7 Å². The average Bonchev–Trinajstić information content (AvgIpc) is 2.52. The molecule has 0 bridgehead atoms. The third-order valence-corrected chi connectivity index (χ3v) is 2.25. The van der Waals surface area contributed by atoms with Crippen LogP contribution in [0.5, 0.6) is 5.75 Å². The molecule has 0 amide bonds. The number of carbonyl (C=O) groups excluding carboxylic acids is 1. The van der Waals surface area contributed by atoms with Gasteiger partial charge in [0.2, 0.25) is 0 Å². The Kier molecular flexibility index (Phi) is 2.55. The highest BCUT2D eigenvalue weighted by Crippen LogP contribution is 2.34. The number of fused-ring (bicyclic) bond motifs is 1. The van der Waals surface area contributed by atoms with Gasteiger partial charge in [0.15, 0.2) is 5.76 Å². The van der Waals surface area contributed by atoms with Crippen LogP contribution < -0.4 is 4.74 Å². The van der Waals surface area contributed by atoms with E-state index < -0.39 is 10.9 Å². The van der Waals surface area contributed by atoms with Crippen molar-refractivity contribution < 1.29 is 18.9 Å². The first-order valence-electron chi connectivity index (χ1n) is 4.85. The predicted molar refractivity (Wildman–Crippen MR) is 58.9 cm³/mol. The maximum Gasteiger partial charge on any atom is 0.318 e. The minimum atomic E-state index is -0.515. The Morgan fingerprint density at radius 3 is 2.76 bits per heavy atom. The van der Waals surface area contributed by atoms with Crippen LogP contribution in [0.15, 0.2) is 22.6 Å². The van der Waals surface area contributed by atoms with Crippen LogP contribution in [-0.2, 0) is 4.79 Å². The molecule has 17 heavy (non-hydrogen) atoms. The van der Waals surface area contributed by atoms with E-state index in [1.54, 1.807) is 0 Å². The van der Waals surface area contributed by atoms with E-state index in [1.807, 2.05) is 0 Å². The van der Waals surface area contributed by atoms with E-state index in [4.69, 9.17) is 9.15 Å². The van der Waals surface area contributed by atoms with Crippen LogP contribution in [0.1, 0.15) is 12.7 Å². The minimum absolute atomic E-state index is 0.103. The summed E-state index contributed by atoms with van der Waals surface area (Å²) in [5.41, 5.74) is 0.291. The molecule has 0 aliphatic carbocycles. The summed E-state index contributed by atoms with van der Waals surface area (Å²) in [6.07, 6.45) is 0. The van der Waals surface area contributed by atoms with Crippen molar-refractivity contribution in [2.45, 2.75) is 13.8 Å². The van der Waals surface area contributed by atoms with Crippen molar-refractivity contribution in [3.05, 3.63) is 34.1 Å². The van der Waals surface area contributed by atoms with Gasteiger partial charge in [0.05, 0.1) is 4.92 Å². The van der Waals surface area contributed by atoms with E-state index in [2.05, 4.69) is 0 Å². The number of hydrogen-bond donors (Lipinski definition) is 0. The summed E-state index contributed by atoms with van der Waals surface area (Å²) in [4.78, 5) is 21.1. The fourth-order valence-corrected chi connectivity index (χ4v) is 1.64. The first-order chi connectivity index (χ1) is 7.99. The Bertz CT molecular complexity index is 614. The van der Waals surface area contributed by atoms with Gasteiger partial charge in [-0.15, -0.1) is 0 Å². The first-order valence-corrected chi connectivity index (χ1v) is 4.85. The molecule has 0 saturated heterocycles. The third-order valence-electron chi connectivity index (χ3n) is 2.25. The summed E-state index contributed by atoms with van der Waals surface area (Å²) in [5.74, 6) is 0.00564. The lowest BCUT2D eigenvalue weighted by Crippen LogP contribution is -2.00. The normalized spacial score (nSPS) is 10.5. The number of furan rings is 1. The highest BCUT2D eigenvalue weighted by atomic mass is 16.6. The fourth-order valence-electron chi connectivity index (χ4n) is 1.64. The van der Waals surface area contributed by atoms with E-state index >= 15 is 0 Å². The van der Waals surface area contributed by atoms with Gasteiger partial charge in [-0.05, 0) is 18.2 Å². The van der Waals surface area contributed by atoms with Gasteiger partial charge in [0, 0.05) is 13.8 Å². The summed E-state index contributed by atoms with van der Waals surface area (Å²) in [6, 6.07) is 4.48. The summed E-state index contributed by atoms with van der Waals surface area (Å²) in [5, 5.41) is 11.2. The zero-order chi connectivity index (χ0) is 12.6. The van der Waals surface area contributed by atoms with Crippen LogP contribution in [0.3, 0.4) is 0 Å². The molecule has 2 aromatic rings. The lowest BCUT2D eigenvalue weighted by molar-refractivity contribution is -0.384. The van der Waals surface area contributed by atoms with Gasteiger partial charge in [-0.1, -0.05) is 0 Å². The molecule has 88 valence electrons. The molecule has 1 aromatic carbocycles. The minimum Gasteiger partial charge on any atom is -0.454 e. The second-order valence-corrected chi connectivity index (χ2v) is 3.52. The molecule has 0 atom stereocenters. The van der Waals surface area contributed by atoms with E-state index in [0.717, 1.165) is 0 Å². The van der Waals surface area contributed by atoms with Crippen molar-refractivity contribution in [1.29, 1.82) is 0 Å². The summed E-state index contributed by atoms with van der Waals surface area (Å²) in [7, 11) is 0. The van der Waals surface area contributed by atoms with Gasteiger partial charge in [-0.2, -0.15) is 0 Å². The van der Waals surface area contributed by atoms with Crippen LogP contribution in [0.2, 0.25) is 0 Å². The number of ether oxygens (including phenoxy) is 1. The Labute approximate surface area is 95.9 Å². The number of esters is 1. The number of nitrogens with zero attached hydrogens (tertiary/aromatic N) is 1. The van der Waals surface area contributed by atoms with Gasteiger partial charge < -0.3 is 9.15 Å². The fraction of sp³-hybridized carbons (Fsp3) is 0.182. The zero-order valence-electron chi connectivity index (χ0n) is 9.22. The molecule has 6 nitrogen and oxygen atoms in total. The van der Waals surface area contributed by atoms with Crippen LogP contribution in [0, 0.1) is 17.0 Å². The van der Waals surface area contributed by atoms with E-state index in [1.165, 1.54) is 32.0 Å². The highest BCUT2D eigenvalue weighted by molar-refractivity contribution is 5.90. The predicted octanol–water partition coefficient (Wildman–Crippen LogP) is 2.57. The van der Waals surface area contributed by atoms with E-state index in [0.29, 0.717) is 11.0 Å².